The SMILES string of the molecule is Cc1c(COc2cc(OCC3CCC3)c(CN3CCCCC3)cc2Cl)cccc1-c1ccc2c(c1)OCCO2. The number of halogens is 1. The predicted octanol–water partition coefficient (Wildman–Crippen LogP) is 7.83. The van der Waals surface area contributed by atoms with E-state index in [1.807, 2.05) is 12.1 Å². The van der Waals surface area contributed by atoms with Crippen molar-refractivity contribution in [2.24, 2.45) is 5.92 Å². The van der Waals surface area contributed by atoms with Gasteiger partial charge in [-0.25, -0.2) is 0 Å². The van der Waals surface area contributed by atoms with E-state index in [1.54, 1.807) is 0 Å². The number of hydrogen-bond acceptors (Lipinski definition) is 5. The lowest BCUT2D eigenvalue weighted by atomic mass is 9.86. The fourth-order valence-electron chi connectivity index (χ4n) is 5.69. The molecule has 2 heterocycles. The molecule has 3 aromatic carbocycles. The van der Waals surface area contributed by atoms with E-state index >= 15 is 0 Å². The highest BCUT2D eigenvalue weighted by molar-refractivity contribution is 6.32. The average molecular weight is 548 g/mol. The van der Waals surface area contributed by atoms with Gasteiger partial charge in [0, 0.05) is 18.2 Å². The molecule has 6 rings (SSSR count). The summed E-state index contributed by atoms with van der Waals surface area (Å²) in [5.74, 6) is 3.85. The van der Waals surface area contributed by atoms with Gasteiger partial charge >= 0.3 is 0 Å². The summed E-state index contributed by atoms with van der Waals surface area (Å²) >= 11 is 6.80. The third kappa shape index (κ3) is 6.15. The van der Waals surface area contributed by atoms with Crippen molar-refractivity contribution in [3.63, 3.8) is 0 Å². The standard InChI is InChI=1S/C33H38ClNO4/c1-23-26(9-6-10-28(23)25-11-12-30-33(18-25)37-16-15-36-30)22-39-32-19-31(38-21-24-7-5-8-24)27(17-29(32)34)20-35-13-3-2-4-14-35/h6,9-12,17-19,24H,2-5,7-8,13-16,20-22H2,1H3. The van der Waals surface area contributed by atoms with Crippen molar-refractivity contribution in [1.29, 1.82) is 0 Å². The minimum Gasteiger partial charge on any atom is -0.493 e. The van der Waals surface area contributed by atoms with Crippen LogP contribution in [0.1, 0.15) is 55.2 Å². The summed E-state index contributed by atoms with van der Waals surface area (Å²) in [4.78, 5) is 2.51. The van der Waals surface area contributed by atoms with Crippen LogP contribution in [0.25, 0.3) is 11.1 Å². The van der Waals surface area contributed by atoms with Crippen molar-refractivity contribution in [2.45, 2.75) is 58.6 Å². The number of piperidine rings is 1. The first kappa shape index (κ1) is 26.3. The Morgan fingerprint density at radius 2 is 1.67 bits per heavy atom. The van der Waals surface area contributed by atoms with Crippen molar-refractivity contribution in [1.82, 2.24) is 4.90 Å². The number of nitrogens with zero attached hydrogens (tertiary/aromatic N) is 1. The van der Waals surface area contributed by atoms with Crippen LogP contribution in [-0.2, 0) is 13.2 Å². The van der Waals surface area contributed by atoms with E-state index in [2.05, 4.69) is 48.2 Å². The summed E-state index contributed by atoms with van der Waals surface area (Å²) in [6.07, 6.45) is 7.68. The van der Waals surface area contributed by atoms with Crippen LogP contribution < -0.4 is 18.9 Å². The van der Waals surface area contributed by atoms with Gasteiger partial charge in [0.15, 0.2) is 11.5 Å². The summed E-state index contributed by atoms with van der Waals surface area (Å²) in [5, 5.41) is 0.638. The highest BCUT2D eigenvalue weighted by Gasteiger charge is 2.21. The molecule has 1 aliphatic carbocycles. The molecule has 3 aromatic rings. The maximum atomic E-state index is 6.80. The first-order chi connectivity index (χ1) is 19.1. The van der Waals surface area contributed by atoms with Gasteiger partial charge in [-0.05, 0) is 92.1 Å². The van der Waals surface area contributed by atoms with Crippen LogP contribution in [0.15, 0.2) is 48.5 Å². The van der Waals surface area contributed by atoms with Crippen LogP contribution in [0.3, 0.4) is 0 Å². The Kier molecular flexibility index (Phi) is 8.17. The Morgan fingerprint density at radius 3 is 2.46 bits per heavy atom. The molecule has 0 N–H and O–H groups in total. The van der Waals surface area contributed by atoms with Crippen molar-refractivity contribution < 1.29 is 18.9 Å². The molecule has 39 heavy (non-hydrogen) atoms. The Labute approximate surface area is 237 Å². The van der Waals surface area contributed by atoms with Crippen LogP contribution in [0.5, 0.6) is 23.0 Å². The Bertz CT molecular complexity index is 1300. The van der Waals surface area contributed by atoms with Gasteiger partial charge in [-0.3, -0.25) is 4.90 Å². The Hall–Kier alpha value is -2.89. The number of benzene rings is 3. The fourth-order valence-corrected chi connectivity index (χ4v) is 5.93. The monoisotopic (exact) mass is 547 g/mol. The van der Waals surface area contributed by atoms with E-state index in [-0.39, 0.29) is 0 Å². The van der Waals surface area contributed by atoms with Gasteiger partial charge < -0.3 is 18.9 Å². The summed E-state index contributed by atoms with van der Waals surface area (Å²) in [5.41, 5.74) is 5.71. The van der Waals surface area contributed by atoms with E-state index in [0.29, 0.717) is 36.5 Å². The van der Waals surface area contributed by atoms with Crippen molar-refractivity contribution >= 4 is 11.6 Å². The molecular formula is C33H38ClNO4. The maximum absolute atomic E-state index is 6.80. The van der Waals surface area contributed by atoms with Crippen LogP contribution in [-0.4, -0.2) is 37.8 Å². The Morgan fingerprint density at radius 1 is 0.846 bits per heavy atom. The zero-order chi connectivity index (χ0) is 26.6. The first-order valence-corrected chi connectivity index (χ1v) is 14.8. The normalized spacial score (nSPS) is 17.5. The molecule has 0 spiro atoms. The van der Waals surface area contributed by atoms with E-state index < -0.39 is 0 Å². The van der Waals surface area contributed by atoms with Crippen molar-refractivity contribution in [3.8, 4) is 34.1 Å². The van der Waals surface area contributed by atoms with Gasteiger partial charge in [-0.1, -0.05) is 48.7 Å². The van der Waals surface area contributed by atoms with Crippen LogP contribution in [0, 0.1) is 12.8 Å². The predicted molar refractivity (Wildman–Crippen MR) is 155 cm³/mol. The number of rotatable bonds is 9. The molecule has 3 aliphatic rings. The summed E-state index contributed by atoms with van der Waals surface area (Å²) < 4.78 is 24.2. The lowest BCUT2D eigenvalue weighted by molar-refractivity contribution is 0.171. The van der Waals surface area contributed by atoms with Gasteiger partial charge in [0.2, 0.25) is 0 Å². The molecular weight excluding hydrogens is 510 g/mol. The van der Waals surface area contributed by atoms with Gasteiger partial charge in [0.05, 0.1) is 11.6 Å². The second-order valence-electron chi connectivity index (χ2n) is 11.1. The van der Waals surface area contributed by atoms with E-state index in [0.717, 1.165) is 65.7 Å². The zero-order valence-electron chi connectivity index (χ0n) is 22.8. The number of hydrogen-bond donors (Lipinski definition) is 0. The smallest absolute Gasteiger partial charge is 0.161 e. The van der Waals surface area contributed by atoms with E-state index in [4.69, 9.17) is 30.5 Å². The third-order valence-corrected chi connectivity index (χ3v) is 8.63. The van der Waals surface area contributed by atoms with Crippen LogP contribution in [0.4, 0.5) is 0 Å². The number of likely N-dealkylation sites (tertiary alicyclic amines) is 1. The molecule has 6 heteroatoms. The maximum Gasteiger partial charge on any atom is 0.161 e. The molecule has 0 radical (unpaired) electrons. The van der Waals surface area contributed by atoms with E-state index in [1.165, 1.54) is 44.1 Å². The quantitative estimate of drug-likeness (QED) is 0.273. The largest absolute Gasteiger partial charge is 0.493 e. The first-order valence-electron chi connectivity index (χ1n) is 14.4. The minimum atomic E-state index is 0.428. The molecule has 0 unspecified atom stereocenters. The number of ether oxygens (including phenoxy) is 4. The average Bonchev–Trinajstić information content (AvgIpc) is 2.93. The summed E-state index contributed by atoms with van der Waals surface area (Å²) in [6, 6.07) is 16.5. The van der Waals surface area contributed by atoms with Crippen LogP contribution >= 0.6 is 11.6 Å². The highest BCUT2D eigenvalue weighted by atomic mass is 35.5. The second kappa shape index (κ2) is 12.1. The molecule has 206 valence electrons. The van der Waals surface area contributed by atoms with Gasteiger partial charge in [0.1, 0.15) is 31.3 Å². The van der Waals surface area contributed by atoms with Gasteiger partial charge in [-0.15, -0.1) is 0 Å². The Balaban J connectivity index is 1.20. The lowest BCUT2D eigenvalue weighted by Crippen LogP contribution is -2.29. The van der Waals surface area contributed by atoms with Crippen molar-refractivity contribution in [3.05, 3.63) is 70.2 Å². The van der Waals surface area contributed by atoms with Gasteiger partial charge in [-0.2, -0.15) is 0 Å². The molecule has 1 saturated heterocycles. The second-order valence-corrected chi connectivity index (χ2v) is 11.5. The summed E-state index contributed by atoms with van der Waals surface area (Å²) in [7, 11) is 0. The third-order valence-electron chi connectivity index (χ3n) is 8.34. The topological polar surface area (TPSA) is 40.2 Å². The van der Waals surface area contributed by atoms with Crippen LogP contribution in [0.2, 0.25) is 5.02 Å². The summed E-state index contributed by atoms with van der Waals surface area (Å²) in [6.45, 7) is 7.65. The van der Waals surface area contributed by atoms with E-state index in [9.17, 15) is 0 Å². The molecule has 2 fully saturated rings. The molecule has 0 aromatic heterocycles. The molecule has 5 nitrogen and oxygen atoms in total. The minimum absolute atomic E-state index is 0.428. The lowest BCUT2D eigenvalue weighted by Gasteiger charge is -2.29. The van der Waals surface area contributed by atoms with Gasteiger partial charge in [0.25, 0.3) is 0 Å². The van der Waals surface area contributed by atoms with Crippen molar-refractivity contribution in [2.75, 3.05) is 32.9 Å². The molecule has 2 aliphatic heterocycles. The molecule has 0 amide bonds. The fraction of sp³-hybridized carbons (Fsp3) is 0.455. The zero-order valence-corrected chi connectivity index (χ0v) is 23.6. The molecule has 0 bridgehead atoms. The molecule has 1 saturated carbocycles. The highest BCUT2D eigenvalue weighted by Crippen LogP contribution is 2.38. The molecule has 0 atom stereocenters. The number of fused-ring (bicyclic) bond motifs is 1.